The molecule has 2 nitrogen and oxygen atoms in total. The van der Waals surface area contributed by atoms with Gasteiger partial charge in [0.1, 0.15) is 5.76 Å². The zero-order valence-electron chi connectivity index (χ0n) is 10.4. The second-order valence-corrected chi connectivity index (χ2v) is 5.28. The lowest BCUT2D eigenvalue weighted by Gasteiger charge is -2.24. The number of nitrogens with one attached hydrogen (secondary N) is 1. The van der Waals surface area contributed by atoms with Gasteiger partial charge >= 0.3 is 0 Å². The number of furan rings is 1. The molecule has 1 aromatic carbocycles. The molecule has 0 fully saturated rings. The Morgan fingerprint density at radius 3 is 3.06 bits per heavy atom. The van der Waals surface area contributed by atoms with E-state index in [0.717, 1.165) is 29.3 Å². The maximum Gasteiger partial charge on any atom is 0.109 e. The minimum absolute atomic E-state index is 0.354. The third kappa shape index (κ3) is 2.13. The summed E-state index contributed by atoms with van der Waals surface area (Å²) in [5, 5.41) is 4.38. The van der Waals surface area contributed by atoms with Crippen LogP contribution in [0, 0.1) is 6.92 Å². The second kappa shape index (κ2) is 4.69. The molecule has 3 rings (SSSR count). The maximum absolute atomic E-state index is 5.98. The minimum Gasteiger partial charge on any atom is -0.469 e. The number of benzene rings is 1. The van der Waals surface area contributed by atoms with Crippen LogP contribution in [0.15, 0.2) is 34.9 Å². The van der Waals surface area contributed by atoms with Gasteiger partial charge in [-0.2, -0.15) is 0 Å². The number of aryl methyl sites for hydroxylation is 2. The molecule has 0 saturated carbocycles. The summed E-state index contributed by atoms with van der Waals surface area (Å²) in [6.07, 6.45) is 5.17. The Balaban J connectivity index is 1.86. The molecule has 94 valence electrons. The van der Waals surface area contributed by atoms with Crippen LogP contribution in [-0.4, -0.2) is 0 Å². The van der Waals surface area contributed by atoms with E-state index < -0.39 is 0 Å². The first-order valence-corrected chi connectivity index (χ1v) is 6.71. The van der Waals surface area contributed by atoms with Gasteiger partial charge in [0, 0.05) is 22.7 Å². The van der Waals surface area contributed by atoms with Crippen LogP contribution in [0.3, 0.4) is 0 Å². The summed E-state index contributed by atoms with van der Waals surface area (Å²) >= 11 is 5.98. The third-order valence-electron chi connectivity index (χ3n) is 3.57. The number of hydrogen-bond acceptors (Lipinski definition) is 2. The van der Waals surface area contributed by atoms with Crippen LogP contribution in [0.2, 0.25) is 5.02 Å². The molecule has 1 aliphatic carbocycles. The molecule has 1 atom stereocenters. The molecule has 0 amide bonds. The first kappa shape index (κ1) is 11.7. The van der Waals surface area contributed by atoms with Gasteiger partial charge in [-0.05, 0) is 49.6 Å². The average molecular weight is 262 g/mol. The first-order chi connectivity index (χ1) is 8.74. The quantitative estimate of drug-likeness (QED) is 0.845. The Labute approximate surface area is 112 Å². The number of anilines is 1. The zero-order chi connectivity index (χ0) is 12.5. The van der Waals surface area contributed by atoms with Crippen molar-refractivity contribution in [3.05, 3.63) is 52.4 Å². The average Bonchev–Trinajstić information content (AvgIpc) is 2.82. The van der Waals surface area contributed by atoms with Gasteiger partial charge in [0.15, 0.2) is 0 Å². The highest BCUT2D eigenvalue weighted by Crippen LogP contribution is 2.34. The van der Waals surface area contributed by atoms with E-state index in [4.69, 9.17) is 16.0 Å². The van der Waals surface area contributed by atoms with Gasteiger partial charge < -0.3 is 9.73 Å². The Morgan fingerprint density at radius 2 is 2.22 bits per heavy atom. The van der Waals surface area contributed by atoms with Gasteiger partial charge in [-0.3, -0.25) is 0 Å². The van der Waals surface area contributed by atoms with Gasteiger partial charge in [-0.15, -0.1) is 0 Å². The van der Waals surface area contributed by atoms with Crippen molar-refractivity contribution in [1.82, 2.24) is 0 Å². The summed E-state index contributed by atoms with van der Waals surface area (Å²) in [5.74, 6) is 1.13. The molecule has 0 spiro atoms. The maximum atomic E-state index is 5.98. The Bertz CT molecular complexity index is 561. The van der Waals surface area contributed by atoms with E-state index in [-0.39, 0.29) is 0 Å². The molecule has 3 heteroatoms. The monoisotopic (exact) mass is 261 g/mol. The predicted molar refractivity (Wildman–Crippen MR) is 74.2 cm³/mol. The Kier molecular flexibility index (Phi) is 3.04. The summed E-state index contributed by atoms with van der Waals surface area (Å²) in [7, 11) is 0. The molecule has 1 heterocycles. The van der Waals surface area contributed by atoms with Crippen molar-refractivity contribution in [3.8, 4) is 0 Å². The first-order valence-electron chi connectivity index (χ1n) is 6.33. The summed E-state index contributed by atoms with van der Waals surface area (Å²) in [5.41, 5.74) is 3.63. The smallest absolute Gasteiger partial charge is 0.109 e. The van der Waals surface area contributed by atoms with Crippen molar-refractivity contribution in [1.29, 1.82) is 0 Å². The van der Waals surface area contributed by atoms with Gasteiger partial charge in [0.2, 0.25) is 0 Å². The van der Waals surface area contributed by atoms with Gasteiger partial charge in [0.25, 0.3) is 0 Å². The SMILES string of the molecule is Cc1cc(Cl)ccc1NC1CCCc2occc21. The van der Waals surface area contributed by atoms with E-state index >= 15 is 0 Å². The second-order valence-electron chi connectivity index (χ2n) is 4.85. The fraction of sp³-hybridized carbons (Fsp3) is 0.333. The van der Waals surface area contributed by atoms with Crippen LogP contribution in [-0.2, 0) is 6.42 Å². The Hall–Kier alpha value is -1.41. The van der Waals surface area contributed by atoms with E-state index in [0.29, 0.717) is 6.04 Å². The molecule has 1 N–H and O–H groups in total. The molecule has 0 radical (unpaired) electrons. The van der Waals surface area contributed by atoms with Gasteiger partial charge in [0.05, 0.1) is 12.3 Å². The third-order valence-corrected chi connectivity index (χ3v) is 3.81. The fourth-order valence-corrected chi connectivity index (χ4v) is 2.84. The highest BCUT2D eigenvalue weighted by molar-refractivity contribution is 6.30. The van der Waals surface area contributed by atoms with Crippen molar-refractivity contribution >= 4 is 17.3 Å². The molecule has 0 aliphatic heterocycles. The molecule has 1 aliphatic rings. The van der Waals surface area contributed by atoms with Crippen LogP contribution < -0.4 is 5.32 Å². The summed E-state index contributed by atoms with van der Waals surface area (Å²) in [6.45, 7) is 2.08. The van der Waals surface area contributed by atoms with Crippen molar-refractivity contribution in [2.45, 2.75) is 32.2 Å². The fourth-order valence-electron chi connectivity index (χ4n) is 2.61. The van der Waals surface area contributed by atoms with Gasteiger partial charge in [-0.25, -0.2) is 0 Å². The van der Waals surface area contributed by atoms with Crippen LogP contribution in [0.4, 0.5) is 5.69 Å². The van der Waals surface area contributed by atoms with Crippen molar-refractivity contribution < 1.29 is 4.42 Å². The van der Waals surface area contributed by atoms with E-state index in [1.807, 2.05) is 18.2 Å². The normalized spacial score (nSPS) is 18.4. The van der Waals surface area contributed by atoms with Gasteiger partial charge in [-0.1, -0.05) is 11.6 Å². The van der Waals surface area contributed by atoms with Crippen molar-refractivity contribution in [3.63, 3.8) is 0 Å². The number of fused-ring (bicyclic) bond motifs is 1. The number of hydrogen-bond donors (Lipinski definition) is 1. The largest absolute Gasteiger partial charge is 0.469 e. The molecular formula is C15H16ClNO. The number of rotatable bonds is 2. The number of halogens is 1. The highest BCUT2D eigenvalue weighted by Gasteiger charge is 2.22. The lowest BCUT2D eigenvalue weighted by atomic mass is 9.93. The van der Waals surface area contributed by atoms with Crippen LogP contribution in [0.5, 0.6) is 0 Å². The molecule has 1 aromatic heterocycles. The summed E-state index contributed by atoms with van der Waals surface area (Å²) in [6, 6.07) is 8.40. The van der Waals surface area contributed by atoms with E-state index in [1.165, 1.54) is 17.5 Å². The van der Waals surface area contributed by atoms with E-state index in [2.05, 4.69) is 18.3 Å². The van der Waals surface area contributed by atoms with Crippen LogP contribution in [0.25, 0.3) is 0 Å². The lowest BCUT2D eigenvalue weighted by molar-refractivity contribution is 0.461. The molecule has 18 heavy (non-hydrogen) atoms. The Morgan fingerprint density at radius 1 is 1.33 bits per heavy atom. The lowest BCUT2D eigenvalue weighted by Crippen LogP contribution is -2.16. The molecular weight excluding hydrogens is 246 g/mol. The highest BCUT2D eigenvalue weighted by atomic mass is 35.5. The zero-order valence-corrected chi connectivity index (χ0v) is 11.1. The van der Waals surface area contributed by atoms with Crippen molar-refractivity contribution in [2.75, 3.05) is 5.32 Å². The standard InChI is InChI=1S/C15H16ClNO/c1-10-9-11(16)5-6-13(10)17-14-3-2-4-15-12(14)7-8-18-15/h5-9,14,17H,2-4H2,1H3. The van der Waals surface area contributed by atoms with Crippen LogP contribution >= 0.6 is 11.6 Å². The van der Waals surface area contributed by atoms with Crippen LogP contribution in [0.1, 0.15) is 35.8 Å². The minimum atomic E-state index is 0.354. The molecule has 1 unspecified atom stereocenters. The molecule has 0 saturated heterocycles. The summed E-state index contributed by atoms with van der Waals surface area (Å²) < 4.78 is 5.51. The van der Waals surface area contributed by atoms with Crippen molar-refractivity contribution in [2.24, 2.45) is 0 Å². The van der Waals surface area contributed by atoms with E-state index in [1.54, 1.807) is 6.26 Å². The molecule has 0 bridgehead atoms. The topological polar surface area (TPSA) is 25.2 Å². The predicted octanol–water partition coefficient (Wildman–Crippen LogP) is 4.73. The molecule has 2 aromatic rings. The van der Waals surface area contributed by atoms with E-state index in [9.17, 15) is 0 Å². The summed E-state index contributed by atoms with van der Waals surface area (Å²) in [4.78, 5) is 0.